The van der Waals surface area contributed by atoms with E-state index in [4.69, 9.17) is 10.4 Å². The van der Waals surface area contributed by atoms with Crippen LogP contribution in [0, 0.1) is 17.2 Å². The molecule has 0 amide bonds. The molecular weight excluding hydrogens is 220 g/mol. The molecule has 0 aliphatic carbocycles. The molecule has 0 saturated heterocycles. The van der Waals surface area contributed by atoms with Crippen molar-refractivity contribution >= 4 is 16.0 Å². The summed E-state index contributed by atoms with van der Waals surface area (Å²) in [5, 5.41) is 15.7. The first-order valence-corrected chi connectivity index (χ1v) is 5.94. The summed E-state index contributed by atoms with van der Waals surface area (Å²) in [7, 11) is -3.65. The van der Waals surface area contributed by atoms with Crippen molar-refractivity contribution in [2.45, 2.75) is 25.5 Å². The minimum absolute atomic E-state index is 0.0284. The zero-order valence-electron chi connectivity index (χ0n) is 8.60. The lowest BCUT2D eigenvalue weighted by molar-refractivity contribution is -0.137. The van der Waals surface area contributed by atoms with Gasteiger partial charge in [-0.05, 0) is 12.8 Å². The largest absolute Gasteiger partial charge is 0.481 e. The number of rotatable bonds is 6. The molecule has 0 aromatic heterocycles. The molecule has 0 fully saturated rings. The molecule has 2 atom stereocenters. The molecular formula is C8H14N2O4S. The van der Waals surface area contributed by atoms with Crippen molar-refractivity contribution in [3.8, 4) is 6.07 Å². The van der Waals surface area contributed by atoms with Gasteiger partial charge in [0.25, 0.3) is 0 Å². The first-order valence-electron chi connectivity index (χ1n) is 4.39. The maximum atomic E-state index is 11.3. The lowest BCUT2D eigenvalue weighted by atomic mass is 10.1. The van der Waals surface area contributed by atoms with E-state index >= 15 is 0 Å². The topological polar surface area (TPSA) is 107 Å². The smallest absolute Gasteiger partial charge is 0.303 e. The summed E-state index contributed by atoms with van der Waals surface area (Å²) in [5.41, 5.74) is 0. The summed E-state index contributed by atoms with van der Waals surface area (Å²) in [6, 6.07) is 1.60. The number of hydrogen-bond acceptors (Lipinski definition) is 4. The van der Waals surface area contributed by atoms with Crippen LogP contribution in [-0.2, 0) is 14.8 Å². The quantitative estimate of drug-likeness (QED) is 0.668. The van der Waals surface area contributed by atoms with E-state index in [1.807, 2.05) is 0 Å². The fourth-order valence-corrected chi connectivity index (χ4v) is 1.73. The molecule has 0 heterocycles. The van der Waals surface area contributed by atoms with Crippen molar-refractivity contribution in [2.24, 2.45) is 5.92 Å². The van der Waals surface area contributed by atoms with Crippen molar-refractivity contribution in [1.82, 2.24) is 4.72 Å². The maximum absolute atomic E-state index is 11.3. The second-order valence-electron chi connectivity index (χ2n) is 3.37. The van der Waals surface area contributed by atoms with Crippen molar-refractivity contribution in [3.63, 3.8) is 0 Å². The van der Waals surface area contributed by atoms with Gasteiger partial charge in [0.15, 0.2) is 5.25 Å². The van der Waals surface area contributed by atoms with E-state index in [0.717, 1.165) is 0 Å². The van der Waals surface area contributed by atoms with Gasteiger partial charge in [-0.2, -0.15) is 5.26 Å². The average Bonchev–Trinajstić information content (AvgIpc) is 2.12. The number of aliphatic carboxylic acids is 1. The van der Waals surface area contributed by atoms with Gasteiger partial charge in [-0.3, -0.25) is 4.79 Å². The number of carboxylic acids is 1. The molecule has 2 unspecified atom stereocenters. The van der Waals surface area contributed by atoms with Crippen LogP contribution >= 0.6 is 0 Å². The van der Waals surface area contributed by atoms with Crippen LogP contribution in [0.5, 0.6) is 0 Å². The molecule has 15 heavy (non-hydrogen) atoms. The van der Waals surface area contributed by atoms with Gasteiger partial charge in [-0.1, -0.05) is 6.92 Å². The highest BCUT2D eigenvalue weighted by Crippen LogP contribution is 2.02. The monoisotopic (exact) mass is 234 g/mol. The lowest BCUT2D eigenvalue weighted by Gasteiger charge is -2.11. The maximum Gasteiger partial charge on any atom is 0.303 e. The summed E-state index contributed by atoms with van der Waals surface area (Å²) < 4.78 is 24.7. The van der Waals surface area contributed by atoms with E-state index in [1.54, 1.807) is 13.0 Å². The van der Waals surface area contributed by atoms with Gasteiger partial charge in [0.1, 0.15) is 0 Å². The van der Waals surface area contributed by atoms with E-state index in [2.05, 4.69) is 4.72 Å². The van der Waals surface area contributed by atoms with Crippen LogP contribution in [-0.4, -0.2) is 31.3 Å². The number of carboxylic acid groups (broad SMARTS) is 1. The van der Waals surface area contributed by atoms with Gasteiger partial charge in [-0.15, -0.1) is 0 Å². The molecule has 0 bridgehead atoms. The third-order valence-corrected chi connectivity index (χ3v) is 3.41. The number of nitriles is 1. The van der Waals surface area contributed by atoms with Crippen LogP contribution in [0.15, 0.2) is 0 Å². The summed E-state index contributed by atoms with van der Waals surface area (Å²) in [6.45, 7) is 2.92. The fraction of sp³-hybridized carbons (Fsp3) is 0.750. The Bertz CT molecular complexity index is 357. The van der Waals surface area contributed by atoms with Gasteiger partial charge in [-0.25, -0.2) is 13.1 Å². The van der Waals surface area contributed by atoms with Gasteiger partial charge >= 0.3 is 5.97 Å². The van der Waals surface area contributed by atoms with Crippen LogP contribution in [0.4, 0.5) is 0 Å². The normalized spacial score (nSPS) is 15.3. The summed E-state index contributed by atoms with van der Waals surface area (Å²) in [5.74, 6) is -1.28. The summed E-state index contributed by atoms with van der Waals surface area (Å²) in [4.78, 5) is 10.3. The van der Waals surface area contributed by atoms with Gasteiger partial charge in [0.05, 0.1) is 6.07 Å². The predicted molar refractivity (Wildman–Crippen MR) is 53.4 cm³/mol. The Morgan fingerprint density at radius 2 is 2.07 bits per heavy atom. The summed E-state index contributed by atoms with van der Waals surface area (Å²) >= 11 is 0. The lowest BCUT2D eigenvalue weighted by Crippen LogP contribution is -2.35. The second-order valence-corrected chi connectivity index (χ2v) is 5.45. The molecule has 86 valence electrons. The Morgan fingerprint density at radius 3 is 2.47 bits per heavy atom. The molecule has 2 N–H and O–H groups in total. The molecule has 0 radical (unpaired) electrons. The fourth-order valence-electron chi connectivity index (χ4n) is 0.823. The van der Waals surface area contributed by atoms with E-state index in [1.165, 1.54) is 6.92 Å². The van der Waals surface area contributed by atoms with E-state index in [9.17, 15) is 13.2 Å². The van der Waals surface area contributed by atoms with Crippen LogP contribution in [0.2, 0.25) is 0 Å². The predicted octanol–water partition coefficient (Wildman–Crippen LogP) is -0.0713. The van der Waals surface area contributed by atoms with Gasteiger partial charge in [0.2, 0.25) is 10.0 Å². The zero-order valence-corrected chi connectivity index (χ0v) is 9.41. The molecule has 0 rings (SSSR count). The van der Waals surface area contributed by atoms with E-state index in [-0.39, 0.29) is 18.9 Å². The van der Waals surface area contributed by atoms with Crippen molar-refractivity contribution in [2.75, 3.05) is 6.54 Å². The van der Waals surface area contributed by atoms with Crippen molar-refractivity contribution < 1.29 is 18.3 Å². The first-order chi connectivity index (χ1) is 6.79. The molecule has 6 nitrogen and oxygen atoms in total. The third-order valence-electron chi connectivity index (χ3n) is 1.80. The van der Waals surface area contributed by atoms with Crippen LogP contribution in [0.3, 0.4) is 0 Å². The Kier molecular flexibility index (Phi) is 5.25. The second kappa shape index (κ2) is 5.68. The van der Waals surface area contributed by atoms with E-state index in [0.29, 0.717) is 0 Å². The number of nitrogens with one attached hydrogen (secondary N) is 1. The van der Waals surface area contributed by atoms with Crippen molar-refractivity contribution in [3.05, 3.63) is 0 Å². The van der Waals surface area contributed by atoms with Gasteiger partial charge in [0, 0.05) is 13.0 Å². The average molecular weight is 234 g/mol. The Balaban J connectivity index is 4.17. The molecule has 0 aromatic rings. The van der Waals surface area contributed by atoms with Crippen LogP contribution < -0.4 is 4.72 Å². The summed E-state index contributed by atoms with van der Waals surface area (Å²) in [6.07, 6.45) is -0.108. The Morgan fingerprint density at radius 1 is 1.53 bits per heavy atom. The number of nitrogens with zero attached hydrogens (tertiary/aromatic N) is 1. The van der Waals surface area contributed by atoms with E-state index < -0.39 is 21.2 Å². The van der Waals surface area contributed by atoms with Crippen molar-refractivity contribution in [1.29, 1.82) is 5.26 Å². The standard InChI is InChI=1S/C8H14N2O4S/c1-6(3-8(11)12)5-10-15(13,14)7(2)4-9/h6-7,10H,3,5H2,1-2H3,(H,11,12). The number of sulfonamides is 1. The third kappa shape index (κ3) is 5.34. The Labute approximate surface area is 89.0 Å². The molecule has 0 aliphatic heterocycles. The minimum atomic E-state index is -3.65. The molecule has 0 saturated carbocycles. The van der Waals surface area contributed by atoms with Gasteiger partial charge < -0.3 is 5.11 Å². The number of carbonyl (C=O) groups is 1. The zero-order chi connectivity index (χ0) is 12.1. The molecule has 0 aromatic carbocycles. The molecule has 7 heteroatoms. The Hall–Kier alpha value is -1.13. The highest BCUT2D eigenvalue weighted by molar-refractivity contribution is 7.90. The molecule has 0 spiro atoms. The SMILES string of the molecule is CC(CNS(=O)(=O)C(C)C#N)CC(=O)O. The highest BCUT2D eigenvalue weighted by atomic mass is 32.2. The molecule has 0 aliphatic rings. The first kappa shape index (κ1) is 13.9. The highest BCUT2D eigenvalue weighted by Gasteiger charge is 2.20. The van der Waals surface area contributed by atoms with Crippen LogP contribution in [0.25, 0.3) is 0 Å². The number of hydrogen-bond donors (Lipinski definition) is 2. The van der Waals surface area contributed by atoms with Crippen LogP contribution in [0.1, 0.15) is 20.3 Å². The minimum Gasteiger partial charge on any atom is -0.481 e.